The number of likely N-dealkylation sites (tertiary alicyclic amines) is 1. The molecule has 2 fully saturated rings. The fraction of sp³-hybridized carbons (Fsp3) is 0.421. The number of aliphatic hydroxyl groups is 1. The number of aliphatic carboxylic acids is 1. The van der Waals surface area contributed by atoms with Gasteiger partial charge in [-0.05, 0) is 25.8 Å². The lowest BCUT2D eigenvalue weighted by atomic mass is 10.0. The van der Waals surface area contributed by atoms with E-state index in [1.165, 1.54) is 11.8 Å². The van der Waals surface area contributed by atoms with Crippen LogP contribution in [-0.2, 0) is 16.1 Å². The summed E-state index contributed by atoms with van der Waals surface area (Å²) in [6.07, 6.45) is 2.59. The Balaban J connectivity index is 1.66. The average Bonchev–Trinajstić information content (AvgIpc) is 3.04. The Hall–Kier alpha value is -2.67. The number of carboxylic acid groups (broad SMARTS) is 1. The van der Waals surface area contributed by atoms with Crippen LogP contribution in [-0.4, -0.2) is 56.0 Å². The molecule has 7 heteroatoms. The molecular formula is C19H20N2O5. The van der Waals surface area contributed by atoms with Crippen LogP contribution in [0.25, 0.3) is 10.9 Å². The third kappa shape index (κ3) is 2.34. The molecule has 4 rings (SSSR count). The van der Waals surface area contributed by atoms with Gasteiger partial charge in [0.05, 0.1) is 6.61 Å². The topological polar surface area (TPSA) is 99.8 Å². The quantitative estimate of drug-likeness (QED) is 0.786. The van der Waals surface area contributed by atoms with Crippen LogP contribution in [0.5, 0.6) is 0 Å². The number of aliphatic hydroxyl groups excluding tert-OH is 1. The van der Waals surface area contributed by atoms with Crippen molar-refractivity contribution < 1.29 is 24.6 Å². The van der Waals surface area contributed by atoms with Gasteiger partial charge < -0.3 is 19.7 Å². The second-order valence-corrected chi connectivity index (χ2v) is 7.34. The van der Waals surface area contributed by atoms with Gasteiger partial charge in [0.15, 0.2) is 5.78 Å². The summed E-state index contributed by atoms with van der Waals surface area (Å²) in [5.41, 5.74) is 0.851. The van der Waals surface area contributed by atoms with Gasteiger partial charge >= 0.3 is 5.97 Å². The lowest BCUT2D eigenvalue weighted by molar-refractivity contribution is -0.149. The molecule has 2 heterocycles. The maximum absolute atomic E-state index is 12.9. The highest BCUT2D eigenvalue weighted by atomic mass is 16.4. The average molecular weight is 356 g/mol. The van der Waals surface area contributed by atoms with E-state index in [2.05, 4.69) is 0 Å². The van der Waals surface area contributed by atoms with Crippen molar-refractivity contribution in [1.82, 2.24) is 9.47 Å². The predicted octanol–water partition coefficient (Wildman–Crippen LogP) is 1.28. The lowest BCUT2D eigenvalue weighted by Gasteiger charge is -2.24. The Morgan fingerprint density at radius 2 is 1.96 bits per heavy atom. The Morgan fingerprint density at radius 3 is 2.62 bits per heavy atom. The number of benzene rings is 1. The van der Waals surface area contributed by atoms with Gasteiger partial charge in [0.25, 0.3) is 0 Å². The van der Waals surface area contributed by atoms with Gasteiger partial charge in [-0.2, -0.15) is 0 Å². The van der Waals surface area contributed by atoms with Gasteiger partial charge in [-0.1, -0.05) is 18.2 Å². The van der Waals surface area contributed by atoms with Crippen LogP contribution in [0, 0.1) is 5.41 Å². The van der Waals surface area contributed by atoms with Gasteiger partial charge in [-0.3, -0.25) is 9.59 Å². The van der Waals surface area contributed by atoms with Crippen molar-refractivity contribution in [3.63, 3.8) is 0 Å². The number of fused-ring (bicyclic) bond motifs is 2. The molecule has 0 bridgehead atoms. The summed E-state index contributed by atoms with van der Waals surface area (Å²) in [4.78, 5) is 37.8. The smallest absolute Gasteiger partial charge is 0.326 e. The van der Waals surface area contributed by atoms with Crippen molar-refractivity contribution in [3.05, 3.63) is 36.0 Å². The third-order valence-electron chi connectivity index (χ3n) is 5.78. The van der Waals surface area contributed by atoms with Gasteiger partial charge in [0.2, 0.25) is 5.91 Å². The van der Waals surface area contributed by atoms with E-state index in [1.54, 1.807) is 10.8 Å². The molecule has 2 aliphatic rings. The monoisotopic (exact) mass is 356 g/mol. The fourth-order valence-corrected chi connectivity index (χ4v) is 4.31. The van der Waals surface area contributed by atoms with E-state index < -0.39 is 17.4 Å². The first-order valence-corrected chi connectivity index (χ1v) is 8.61. The van der Waals surface area contributed by atoms with Crippen LogP contribution in [0.2, 0.25) is 0 Å². The van der Waals surface area contributed by atoms with Crippen LogP contribution >= 0.6 is 0 Å². The van der Waals surface area contributed by atoms with Gasteiger partial charge in [0.1, 0.15) is 12.6 Å². The normalized spacial score (nSPS) is 26.8. The molecule has 1 saturated carbocycles. The lowest BCUT2D eigenvalue weighted by Crippen LogP contribution is -2.44. The number of Topliss-reactive ketones (excluding diaryl/α,β-unsaturated/α-hetero) is 1. The third-order valence-corrected chi connectivity index (χ3v) is 5.78. The number of carbonyl (C=O) groups excluding carboxylic acids is 2. The molecule has 26 heavy (non-hydrogen) atoms. The molecule has 136 valence electrons. The molecule has 1 aromatic heterocycles. The standard InChI is InChI=1S/C19H20N2O5/c1-11(23)13-8-20(14-5-3-2-4-12(13)14)9-17(24)21-15(18(25)26)6-19(10-22)7-16(19)21/h2-5,8,15-16,22H,6-7,9-10H2,1H3,(H,25,26)/t15-,16+,19-/m0/s1. The number of hydrogen-bond donors (Lipinski definition) is 2. The van der Waals surface area contributed by atoms with Crippen LogP contribution in [0.1, 0.15) is 30.1 Å². The van der Waals surface area contributed by atoms with E-state index in [4.69, 9.17) is 0 Å². The van der Waals surface area contributed by atoms with Crippen LogP contribution < -0.4 is 0 Å². The van der Waals surface area contributed by atoms with Crippen molar-refractivity contribution in [2.75, 3.05) is 6.61 Å². The number of nitrogens with zero attached hydrogens (tertiary/aromatic N) is 2. The molecule has 1 aliphatic heterocycles. The first-order valence-electron chi connectivity index (χ1n) is 8.61. The van der Waals surface area contributed by atoms with Gasteiger partial charge in [0, 0.05) is 34.1 Å². The van der Waals surface area contributed by atoms with Crippen molar-refractivity contribution in [3.8, 4) is 0 Å². The second kappa shape index (κ2) is 5.67. The summed E-state index contributed by atoms with van der Waals surface area (Å²) in [7, 11) is 0. The summed E-state index contributed by atoms with van der Waals surface area (Å²) in [6.45, 7) is 1.34. The highest BCUT2D eigenvalue weighted by Crippen LogP contribution is 2.59. The number of aromatic nitrogens is 1. The molecule has 7 nitrogen and oxygen atoms in total. The molecule has 2 aromatic rings. The molecule has 2 N–H and O–H groups in total. The van der Waals surface area contributed by atoms with E-state index in [0.29, 0.717) is 18.4 Å². The van der Waals surface area contributed by atoms with Crippen LogP contribution in [0.15, 0.2) is 30.5 Å². The molecule has 0 radical (unpaired) electrons. The van der Waals surface area contributed by atoms with Gasteiger partial charge in [-0.25, -0.2) is 4.79 Å². The van der Waals surface area contributed by atoms with E-state index in [1.807, 2.05) is 24.3 Å². The highest BCUT2D eigenvalue weighted by Gasteiger charge is 2.67. The number of piperidine rings is 1. The Morgan fingerprint density at radius 1 is 1.23 bits per heavy atom. The summed E-state index contributed by atoms with van der Waals surface area (Å²) < 4.78 is 1.70. The molecule has 1 aliphatic carbocycles. The Kier molecular flexibility index (Phi) is 3.66. The molecule has 3 atom stereocenters. The summed E-state index contributed by atoms with van der Waals surface area (Å²) in [5, 5.41) is 19.8. The highest BCUT2D eigenvalue weighted by molar-refractivity contribution is 6.07. The number of carbonyl (C=O) groups is 3. The van der Waals surface area contributed by atoms with Crippen LogP contribution in [0.4, 0.5) is 0 Å². The van der Waals surface area contributed by atoms with Gasteiger partial charge in [-0.15, -0.1) is 0 Å². The van der Waals surface area contributed by atoms with E-state index in [9.17, 15) is 24.6 Å². The number of hydrogen-bond acceptors (Lipinski definition) is 4. The van der Waals surface area contributed by atoms with E-state index >= 15 is 0 Å². The van der Waals surface area contributed by atoms with Crippen molar-refractivity contribution >= 4 is 28.6 Å². The Bertz CT molecular complexity index is 933. The number of para-hydroxylation sites is 1. The summed E-state index contributed by atoms with van der Waals surface area (Å²) in [6, 6.07) is 6.23. The van der Waals surface area contributed by atoms with Crippen molar-refractivity contribution in [1.29, 1.82) is 0 Å². The molecule has 1 aromatic carbocycles. The molecule has 0 spiro atoms. The second-order valence-electron chi connectivity index (χ2n) is 7.34. The maximum atomic E-state index is 12.9. The molecular weight excluding hydrogens is 336 g/mol. The zero-order chi connectivity index (χ0) is 18.6. The summed E-state index contributed by atoms with van der Waals surface area (Å²) >= 11 is 0. The predicted molar refractivity (Wildman–Crippen MR) is 92.8 cm³/mol. The van der Waals surface area contributed by atoms with E-state index in [-0.39, 0.29) is 30.9 Å². The minimum atomic E-state index is -1.04. The summed E-state index contributed by atoms with van der Waals surface area (Å²) in [5.74, 6) is -1.43. The van der Waals surface area contributed by atoms with E-state index in [0.717, 1.165) is 10.9 Å². The number of ketones is 1. The zero-order valence-corrected chi connectivity index (χ0v) is 14.4. The fourth-order valence-electron chi connectivity index (χ4n) is 4.31. The first kappa shape index (κ1) is 16.8. The maximum Gasteiger partial charge on any atom is 0.326 e. The largest absolute Gasteiger partial charge is 0.480 e. The zero-order valence-electron chi connectivity index (χ0n) is 14.4. The Labute approximate surface area is 149 Å². The van der Waals surface area contributed by atoms with Crippen molar-refractivity contribution in [2.24, 2.45) is 5.41 Å². The molecule has 0 unspecified atom stereocenters. The number of amides is 1. The molecule has 1 saturated heterocycles. The minimum Gasteiger partial charge on any atom is -0.480 e. The SMILES string of the molecule is CC(=O)c1cn(CC(=O)N2[C@H](C(=O)O)C[C@@]3(CO)C[C@@H]23)c2ccccc12. The first-order chi connectivity index (χ1) is 12.4. The van der Waals surface area contributed by atoms with Crippen molar-refractivity contribution in [2.45, 2.75) is 38.4 Å². The molecule has 1 amide bonds. The number of carboxylic acids is 1. The van der Waals surface area contributed by atoms with Crippen LogP contribution in [0.3, 0.4) is 0 Å². The minimum absolute atomic E-state index is 0.0322. The number of rotatable bonds is 5.